The smallest absolute Gasteiger partial charge is 0.158 e. The minimum Gasteiger partial charge on any atom is -0.295 e. The van der Waals surface area contributed by atoms with Gasteiger partial charge >= 0.3 is 0 Å². The third kappa shape index (κ3) is 4.03. The van der Waals surface area contributed by atoms with Crippen LogP contribution in [0, 0.1) is 5.92 Å². The molecule has 1 heteroatoms. The maximum atomic E-state index is 11.8. The molecule has 0 bridgehead atoms. The Hall–Kier alpha value is -0.850. The van der Waals surface area contributed by atoms with Crippen molar-refractivity contribution in [3.63, 3.8) is 0 Å². The summed E-state index contributed by atoms with van der Waals surface area (Å²) in [4.78, 5) is 11.8. The largest absolute Gasteiger partial charge is 0.295 e. The highest BCUT2D eigenvalue weighted by molar-refractivity contribution is 5.95. The summed E-state index contributed by atoms with van der Waals surface area (Å²) in [5.74, 6) is 0.714. The molecule has 0 aliphatic heterocycles. The highest BCUT2D eigenvalue weighted by Crippen LogP contribution is 2.28. The summed E-state index contributed by atoms with van der Waals surface area (Å²) >= 11 is 0. The first-order chi connectivity index (χ1) is 7.25. The van der Waals surface area contributed by atoms with E-state index >= 15 is 0 Å². The van der Waals surface area contributed by atoms with Gasteiger partial charge in [0.05, 0.1) is 0 Å². The molecule has 0 unspecified atom stereocenters. The zero-order valence-electron chi connectivity index (χ0n) is 9.63. The van der Waals surface area contributed by atoms with Crippen LogP contribution in [0.15, 0.2) is 24.8 Å². The molecule has 0 saturated heterocycles. The van der Waals surface area contributed by atoms with Crippen LogP contribution >= 0.6 is 0 Å². The Morgan fingerprint density at radius 2 is 1.80 bits per heavy atom. The first-order valence-corrected chi connectivity index (χ1v) is 6.08. The van der Waals surface area contributed by atoms with Gasteiger partial charge in [-0.15, -0.1) is 6.58 Å². The first kappa shape index (κ1) is 12.2. The van der Waals surface area contributed by atoms with E-state index in [-0.39, 0.29) is 5.78 Å². The van der Waals surface area contributed by atoms with Gasteiger partial charge in [0.1, 0.15) is 0 Å². The molecule has 1 saturated carbocycles. The van der Waals surface area contributed by atoms with Crippen molar-refractivity contribution in [3.8, 4) is 0 Å². The van der Waals surface area contributed by atoms with Crippen molar-refractivity contribution < 1.29 is 4.79 Å². The monoisotopic (exact) mass is 206 g/mol. The molecule has 1 nitrogen and oxygen atoms in total. The van der Waals surface area contributed by atoms with E-state index in [1.54, 1.807) is 6.08 Å². The average molecular weight is 206 g/mol. The number of ketones is 1. The molecule has 1 aliphatic carbocycles. The second kappa shape index (κ2) is 6.60. The molecule has 15 heavy (non-hydrogen) atoms. The van der Waals surface area contributed by atoms with Gasteiger partial charge in [-0.1, -0.05) is 38.3 Å². The Bertz CT molecular complexity index is 232. The molecule has 0 radical (unpaired) electrons. The zero-order valence-corrected chi connectivity index (χ0v) is 9.63. The predicted octanol–water partition coefficient (Wildman–Crippen LogP) is 4.05. The summed E-state index contributed by atoms with van der Waals surface area (Å²) in [5.41, 5.74) is 0.874. The molecular formula is C14H22O. The van der Waals surface area contributed by atoms with Gasteiger partial charge in [-0.2, -0.15) is 0 Å². The van der Waals surface area contributed by atoms with Gasteiger partial charge in [0.25, 0.3) is 0 Å². The topological polar surface area (TPSA) is 17.1 Å². The lowest BCUT2D eigenvalue weighted by Gasteiger charge is -2.15. The maximum Gasteiger partial charge on any atom is 0.158 e. The van der Waals surface area contributed by atoms with E-state index in [1.807, 2.05) is 0 Å². The molecule has 0 aromatic carbocycles. The van der Waals surface area contributed by atoms with Gasteiger partial charge in [-0.05, 0) is 30.8 Å². The number of hydrogen-bond acceptors (Lipinski definition) is 1. The molecular weight excluding hydrogens is 184 g/mol. The second-order valence-electron chi connectivity index (χ2n) is 4.46. The summed E-state index contributed by atoms with van der Waals surface area (Å²) in [6.07, 6.45) is 10.7. The molecule has 0 aromatic heterocycles. The number of carbonyl (C=O) groups is 1. The highest BCUT2D eigenvalue weighted by atomic mass is 16.1. The van der Waals surface area contributed by atoms with E-state index < -0.39 is 0 Å². The Morgan fingerprint density at radius 1 is 1.20 bits per heavy atom. The van der Waals surface area contributed by atoms with Crippen molar-refractivity contribution in [2.24, 2.45) is 5.92 Å². The molecule has 0 heterocycles. The summed E-state index contributed by atoms with van der Waals surface area (Å²) in [6.45, 7) is 7.63. The van der Waals surface area contributed by atoms with Crippen LogP contribution < -0.4 is 0 Å². The van der Waals surface area contributed by atoms with E-state index in [0.717, 1.165) is 12.0 Å². The molecule has 1 fully saturated rings. The molecule has 0 aromatic rings. The minimum atomic E-state index is 0.252. The van der Waals surface area contributed by atoms with E-state index in [0.29, 0.717) is 12.3 Å². The summed E-state index contributed by atoms with van der Waals surface area (Å²) in [6, 6.07) is 0. The number of carbonyl (C=O) groups excluding carboxylic acids is 1. The summed E-state index contributed by atoms with van der Waals surface area (Å²) in [5, 5.41) is 0. The van der Waals surface area contributed by atoms with Crippen LogP contribution in [0.2, 0.25) is 0 Å². The quantitative estimate of drug-likeness (QED) is 0.377. The van der Waals surface area contributed by atoms with Crippen molar-refractivity contribution in [1.29, 1.82) is 0 Å². The predicted molar refractivity (Wildman–Crippen MR) is 64.8 cm³/mol. The number of allylic oxidation sites excluding steroid dienone is 2. The van der Waals surface area contributed by atoms with Gasteiger partial charge in [0.15, 0.2) is 5.78 Å². The van der Waals surface area contributed by atoms with Crippen LogP contribution in [0.4, 0.5) is 0 Å². The molecule has 84 valence electrons. The molecule has 0 N–H and O–H groups in total. The van der Waals surface area contributed by atoms with Crippen LogP contribution in [0.1, 0.15) is 51.4 Å². The number of hydrogen-bond donors (Lipinski definition) is 0. The van der Waals surface area contributed by atoms with E-state index in [9.17, 15) is 4.79 Å². The van der Waals surface area contributed by atoms with Crippen molar-refractivity contribution in [1.82, 2.24) is 0 Å². The van der Waals surface area contributed by atoms with Crippen LogP contribution in [0.25, 0.3) is 0 Å². The fourth-order valence-electron chi connectivity index (χ4n) is 2.25. The van der Waals surface area contributed by atoms with Crippen LogP contribution in [0.3, 0.4) is 0 Å². The summed E-state index contributed by atoms with van der Waals surface area (Å²) in [7, 11) is 0. The fraction of sp³-hybridized carbons (Fsp3) is 0.643. The van der Waals surface area contributed by atoms with E-state index in [4.69, 9.17) is 0 Å². The van der Waals surface area contributed by atoms with Crippen LogP contribution in [-0.4, -0.2) is 5.78 Å². The van der Waals surface area contributed by atoms with Crippen LogP contribution in [0.5, 0.6) is 0 Å². The molecule has 0 amide bonds. The second-order valence-corrected chi connectivity index (χ2v) is 4.46. The van der Waals surface area contributed by atoms with E-state index in [1.165, 1.54) is 38.5 Å². The van der Waals surface area contributed by atoms with Gasteiger partial charge < -0.3 is 0 Å². The van der Waals surface area contributed by atoms with Crippen molar-refractivity contribution in [2.45, 2.75) is 51.4 Å². The standard InChI is InChI=1S/C14H22O/c1-3-4-11-14(15)12(2)13-9-7-5-6-8-10-13/h3,13H,1-2,4-11H2. The SMILES string of the molecule is C=CCCC(=O)C(=C)C1CCCCCC1. The Morgan fingerprint density at radius 3 is 2.33 bits per heavy atom. The third-order valence-corrected chi connectivity index (χ3v) is 3.28. The third-order valence-electron chi connectivity index (χ3n) is 3.28. The first-order valence-electron chi connectivity index (χ1n) is 6.08. The van der Waals surface area contributed by atoms with Crippen molar-refractivity contribution in [3.05, 3.63) is 24.8 Å². The Balaban J connectivity index is 2.42. The Kier molecular flexibility index (Phi) is 5.38. The normalized spacial score (nSPS) is 18.1. The fourth-order valence-corrected chi connectivity index (χ4v) is 2.25. The Labute approximate surface area is 93.3 Å². The van der Waals surface area contributed by atoms with Gasteiger partial charge in [-0.25, -0.2) is 0 Å². The number of rotatable bonds is 5. The lowest BCUT2D eigenvalue weighted by Crippen LogP contribution is -2.11. The van der Waals surface area contributed by atoms with Gasteiger partial charge in [0, 0.05) is 6.42 Å². The molecule has 1 rings (SSSR count). The van der Waals surface area contributed by atoms with Crippen molar-refractivity contribution in [2.75, 3.05) is 0 Å². The number of Topliss-reactive ketones (excluding diaryl/α,β-unsaturated/α-hetero) is 1. The lowest BCUT2D eigenvalue weighted by molar-refractivity contribution is -0.116. The molecule has 1 aliphatic rings. The average Bonchev–Trinajstić information content (AvgIpc) is 2.53. The van der Waals surface area contributed by atoms with Crippen LogP contribution in [-0.2, 0) is 4.79 Å². The summed E-state index contributed by atoms with van der Waals surface area (Å²) < 4.78 is 0. The lowest BCUT2D eigenvalue weighted by atomic mass is 9.88. The van der Waals surface area contributed by atoms with E-state index in [2.05, 4.69) is 13.2 Å². The molecule has 0 atom stereocenters. The van der Waals surface area contributed by atoms with Gasteiger partial charge in [-0.3, -0.25) is 4.79 Å². The zero-order chi connectivity index (χ0) is 11.1. The van der Waals surface area contributed by atoms with Crippen molar-refractivity contribution >= 4 is 5.78 Å². The maximum absolute atomic E-state index is 11.8. The molecule has 0 spiro atoms. The minimum absolute atomic E-state index is 0.252. The highest BCUT2D eigenvalue weighted by Gasteiger charge is 2.19. The van der Waals surface area contributed by atoms with Gasteiger partial charge in [0.2, 0.25) is 0 Å².